The third kappa shape index (κ3) is 2.47. The predicted molar refractivity (Wildman–Crippen MR) is 62.8 cm³/mol. The molecule has 0 amide bonds. The molecule has 2 N–H and O–H groups in total. The first-order valence-electron chi connectivity index (χ1n) is 4.97. The van der Waals surface area contributed by atoms with E-state index in [-0.39, 0.29) is 23.0 Å². The van der Waals surface area contributed by atoms with Crippen LogP contribution in [0.15, 0.2) is 18.2 Å². The van der Waals surface area contributed by atoms with Crippen LogP contribution in [0.5, 0.6) is 0 Å². The fourth-order valence-corrected chi connectivity index (χ4v) is 1.81. The molecule has 0 unspecified atom stereocenters. The minimum atomic E-state index is -0.931. The van der Waals surface area contributed by atoms with Crippen molar-refractivity contribution in [1.82, 2.24) is 9.97 Å². The highest BCUT2D eigenvalue weighted by Crippen LogP contribution is 2.16. The quantitative estimate of drug-likeness (QED) is 0.823. The summed E-state index contributed by atoms with van der Waals surface area (Å²) in [6, 6.07) is 4.54. The first-order chi connectivity index (χ1) is 8.08. The largest absolute Gasteiger partial charge is 0.481 e. The molecule has 0 radical (unpaired) electrons. The normalized spacial score (nSPS) is 10.6. The van der Waals surface area contributed by atoms with Crippen LogP contribution in [0.2, 0.25) is 0 Å². The zero-order valence-electron chi connectivity index (χ0n) is 8.74. The Morgan fingerprint density at radius 2 is 2.29 bits per heavy atom. The number of aliphatic carboxylic acids is 1. The van der Waals surface area contributed by atoms with Gasteiger partial charge in [-0.15, -0.1) is 0 Å². The Morgan fingerprint density at radius 1 is 1.53 bits per heavy atom. The Kier molecular flexibility index (Phi) is 3.14. The molecule has 0 saturated heterocycles. The fraction of sp³-hybridized carbons (Fsp3) is 0.182. The highest BCUT2D eigenvalue weighted by Gasteiger charge is 2.06. The van der Waals surface area contributed by atoms with Crippen LogP contribution in [0.3, 0.4) is 0 Å². The Morgan fingerprint density at radius 3 is 3.00 bits per heavy atom. The van der Waals surface area contributed by atoms with E-state index >= 15 is 0 Å². The van der Waals surface area contributed by atoms with Gasteiger partial charge in [0.25, 0.3) is 0 Å². The highest BCUT2D eigenvalue weighted by molar-refractivity contribution is 7.71. The Hall–Kier alpha value is -1.82. The molecule has 1 heterocycles. The summed E-state index contributed by atoms with van der Waals surface area (Å²) >= 11 is 5.04. The van der Waals surface area contributed by atoms with Crippen LogP contribution < -0.4 is 0 Å². The van der Waals surface area contributed by atoms with Gasteiger partial charge in [0.15, 0.2) is 0 Å². The number of rotatable bonds is 3. The Bertz CT molecular complexity index is 639. The molecule has 0 aliphatic carbocycles. The van der Waals surface area contributed by atoms with Gasteiger partial charge >= 0.3 is 5.97 Å². The molecule has 2 aromatic rings. The van der Waals surface area contributed by atoms with Crippen molar-refractivity contribution in [2.75, 3.05) is 0 Å². The molecule has 2 rings (SSSR count). The minimum absolute atomic E-state index is 0.0712. The number of carbonyl (C=O) groups is 1. The molecule has 0 saturated carbocycles. The van der Waals surface area contributed by atoms with Gasteiger partial charge in [-0.3, -0.25) is 4.79 Å². The monoisotopic (exact) mass is 252 g/mol. The lowest BCUT2D eigenvalue weighted by molar-refractivity contribution is -0.137. The second-order valence-corrected chi connectivity index (χ2v) is 3.93. The maximum absolute atomic E-state index is 13.5. The third-order valence-electron chi connectivity index (χ3n) is 2.33. The highest BCUT2D eigenvalue weighted by atomic mass is 32.1. The SMILES string of the molecule is O=C(O)CCc1nc(=S)c2cccc(F)c2[nH]1. The number of H-pyrrole nitrogens is 1. The minimum Gasteiger partial charge on any atom is -0.481 e. The van der Waals surface area contributed by atoms with E-state index in [1.807, 2.05) is 0 Å². The van der Waals surface area contributed by atoms with Crippen LogP contribution in [0.4, 0.5) is 4.39 Å². The average molecular weight is 252 g/mol. The van der Waals surface area contributed by atoms with Gasteiger partial charge in [0.1, 0.15) is 16.3 Å². The van der Waals surface area contributed by atoms with Gasteiger partial charge in [-0.1, -0.05) is 18.3 Å². The lowest BCUT2D eigenvalue weighted by Crippen LogP contribution is -2.02. The number of carboxylic acids is 1. The van der Waals surface area contributed by atoms with E-state index in [1.165, 1.54) is 6.07 Å². The lowest BCUT2D eigenvalue weighted by atomic mass is 10.2. The van der Waals surface area contributed by atoms with Crippen LogP contribution in [-0.2, 0) is 11.2 Å². The van der Waals surface area contributed by atoms with Crippen LogP contribution in [0, 0.1) is 10.5 Å². The van der Waals surface area contributed by atoms with Gasteiger partial charge in [-0.2, -0.15) is 0 Å². The molecular weight excluding hydrogens is 243 g/mol. The number of aromatic nitrogens is 2. The summed E-state index contributed by atoms with van der Waals surface area (Å²) in [6.45, 7) is 0. The summed E-state index contributed by atoms with van der Waals surface area (Å²) in [7, 11) is 0. The smallest absolute Gasteiger partial charge is 0.303 e. The van der Waals surface area contributed by atoms with Crippen molar-refractivity contribution in [3.8, 4) is 0 Å². The molecule has 4 nitrogen and oxygen atoms in total. The number of nitrogens with one attached hydrogen (secondary N) is 1. The summed E-state index contributed by atoms with van der Waals surface area (Å²) in [5.74, 6) is -0.970. The van der Waals surface area contributed by atoms with Gasteiger partial charge in [0.2, 0.25) is 0 Å². The average Bonchev–Trinajstić information content (AvgIpc) is 2.28. The van der Waals surface area contributed by atoms with Gasteiger partial charge in [0, 0.05) is 11.8 Å². The number of para-hydroxylation sites is 1. The van der Waals surface area contributed by atoms with Crippen molar-refractivity contribution in [2.24, 2.45) is 0 Å². The van der Waals surface area contributed by atoms with Gasteiger partial charge < -0.3 is 10.1 Å². The number of aryl methyl sites for hydroxylation is 1. The summed E-state index contributed by atoms with van der Waals surface area (Å²) in [5.41, 5.74) is 0.271. The summed E-state index contributed by atoms with van der Waals surface area (Å²) < 4.78 is 13.8. The second kappa shape index (κ2) is 4.58. The molecule has 0 fully saturated rings. The van der Waals surface area contributed by atoms with E-state index in [1.54, 1.807) is 12.1 Å². The summed E-state index contributed by atoms with van der Waals surface area (Å²) in [4.78, 5) is 17.3. The number of carboxylic acid groups (broad SMARTS) is 1. The zero-order chi connectivity index (χ0) is 12.4. The maximum Gasteiger partial charge on any atom is 0.303 e. The second-order valence-electron chi connectivity index (χ2n) is 3.54. The molecule has 0 bridgehead atoms. The van der Waals surface area contributed by atoms with E-state index in [2.05, 4.69) is 9.97 Å². The van der Waals surface area contributed by atoms with E-state index in [0.29, 0.717) is 11.2 Å². The van der Waals surface area contributed by atoms with Crippen LogP contribution in [0.25, 0.3) is 10.9 Å². The number of aromatic amines is 1. The molecule has 0 atom stereocenters. The molecule has 6 heteroatoms. The van der Waals surface area contributed by atoms with E-state index < -0.39 is 11.8 Å². The maximum atomic E-state index is 13.5. The standard InChI is InChI=1S/C11H9FN2O2S/c12-7-3-1-2-6-10(7)13-8(14-11(6)17)4-5-9(15)16/h1-3H,4-5H2,(H,15,16)(H,13,14,17). The van der Waals surface area contributed by atoms with Crippen molar-refractivity contribution in [3.63, 3.8) is 0 Å². The molecule has 0 aliphatic rings. The van der Waals surface area contributed by atoms with Crippen LogP contribution >= 0.6 is 12.2 Å². The van der Waals surface area contributed by atoms with Crippen LogP contribution in [-0.4, -0.2) is 21.0 Å². The molecule has 17 heavy (non-hydrogen) atoms. The predicted octanol–water partition coefficient (Wildman–Crippen LogP) is 2.45. The first-order valence-corrected chi connectivity index (χ1v) is 5.38. The molecule has 0 spiro atoms. The van der Waals surface area contributed by atoms with E-state index in [9.17, 15) is 9.18 Å². The third-order valence-corrected chi connectivity index (χ3v) is 2.64. The topological polar surface area (TPSA) is 66.0 Å². The number of nitrogens with zero attached hydrogens (tertiary/aromatic N) is 1. The Balaban J connectivity index is 2.50. The summed E-state index contributed by atoms with van der Waals surface area (Å²) in [5, 5.41) is 9.10. The molecule has 88 valence electrons. The number of hydrogen-bond acceptors (Lipinski definition) is 3. The zero-order valence-corrected chi connectivity index (χ0v) is 9.55. The van der Waals surface area contributed by atoms with Crippen molar-refractivity contribution in [3.05, 3.63) is 34.5 Å². The van der Waals surface area contributed by atoms with Gasteiger partial charge in [-0.05, 0) is 12.1 Å². The van der Waals surface area contributed by atoms with Gasteiger partial charge in [0.05, 0.1) is 11.9 Å². The first kappa shape index (κ1) is 11.7. The fourth-order valence-electron chi connectivity index (χ4n) is 1.53. The Labute approximate surface area is 101 Å². The summed E-state index contributed by atoms with van der Waals surface area (Å²) in [6.07, 6.45) is 0.126. The van der Waals surface area contributed by atoms with E-state index in [4.69, 9.17) is 17.3 Å². The van der Waals surface area contributed by atoms with Crippen LogP contribution in [0.1, 0.15) is 12.2 Å². The number of hydrogen-bond donors (Lipinski definition) is 2. The van der Waals surface area contributed by atoms with Gasteiger partial charge in [-0.25, -0.2) is 9.37 Å². The molecule has 1 aromatic carbocycles. The van der Waals surface area contributed by atoms with Crippen molar-refractivity contribution < 1.29 is 14.3 Å². The number of benzene rings is 1. The van der Waals surface area contributed by atoms with E-state index in [0.717, 1.165) is 0 Å². The molecular formula is C11H9FN2O2S. The molecule has 0 aliphatic heterocycles. The van der Waals surface area contributed by atoms with Crippen molar-refractivity contribution in [1.29, 1.82) is 0 Å². The lowest BCUT2D eigenvalue weighted by Gasteiger charge is -2.03. The van der Waals surface area contributed by atoms with Crippen molar-refractivity contribution >= 4 is 29.1 Å². The van der Waals surface area contributed by atoms with Crippen molar-refractivity contribution in [2.45, 2.75) is 12.8 Å². The molecule has 1 aromatic heterocycles. The number of halogens is 1. The number of fused-ring (bicyclic) bond motifs is 1.